The zero-order chi connectivity index (χ0) is 32.3. The molecule has 10 rings (SSSR count). The summed E-state index contributed by atoms with van der Waals surface area (Å²) in [5.74, 6) is 0.680. The van der Waals surface area contributed by atoms with E-state index in [2.05, 4.69) is 121 Å². The van der Waals surface area contributed by atoms with Crippen molar-refractivity contribution in [3.05, 3.63) is 170 Å². The second kappa shape index (κ2) is 11.0. The fourth-order valence-electron chi connectivity index (χ4n) is 7.40. The molecule has 0 amide bonds. The lowest BCUT2D eigenvalue weighted by Gasteiger charge is -2.13. The van der Waals surface area contributed by atoms with Crippen molar-refractivity contribution < 1.29 is 4.42 Å². The van der Waals surface area contributed by atoms with Gasteiger partial charge < -0.3 is 4.42 Å². The summed E-state index contributed by atoms with van der Waals surface area (Å²) < 4.78 is 6.75. The van der Waals surface area contributed by atoms with Crippen molar-refractivity contribution in [1.29, 1.82) is 0 Å². The Kier molecular flexibility index (Phi) is 6.18. The van der Waals surface area contributed by atoms with Crippen LogP contribution in [0.4, 0.5) is 0 Å². The molecule has 2 aromatic heterocycles. The van der Waals surface area contributed by atoms with Crippen molar-refractivity contribution in [3.8, 4) is 45.0 Å². The first-order chi connectivity index (χ1) is 24.3. The maximum absolute atomic E-state index is 6.75. The molecule has 0 aliphatic heterocycles. The summed E-state index contributed by atoms with van der Waals surface area (Å²) in [7, 11) is 0. The van der Waals surface area contributed by atoms with Gasteiger partial charge >= 0.3 is 0 Å². The standard InChI is InChI=1S/C46H28N2O/c1-3-13-29(14-4-1)41-28-42(48-46(47-41)30-15-5-2-6-16-30)38-26-25-32(44-39-21-11-12-22-43(39)49-45(38)44)31-23-24-37-35-19-8-7-17-33(35)34-18-9-10-20-36(34)40(37)27-31/h1-28H. The molecule has 0 N–H and O–H groups in total. The van der Waals surface area contributed by atoms with E-state index in [1.54, 1.807) is 0 Å². The first kappa shape index (κ1) is 27.5. The predicted octanol–water partition coefficient (Wildman–Crippen LogP) is 12.5. The molecule has 10 aromatic rings. The fraction of sp³-hybridized carbons (Fsp3) is 0. The zero-order valence-electron chi connectivity index (χ0n) is 26.5. The molecule has 8 aromatic carbocycles. The van der Waals surface area contributed by atoms with Crippen molar-refractivity contribution >= 4 is 54.3 Å². The summed E-state index contributed by atoms with van der Waals surface area (Å²) in [6.45, 7) is 0. The summed E-state index contributed by atoms with van der Waals surface area (Å²) >= 11 is 0. The van der Waals surface area contributed by atoms with Crippen LogP contribution in [0, 0.1) is 0 Å². The van der Waals surface area contributed by atoms with Crippen LogP contribution in [-0.2, 0) is 0 Å². The lowest BCUT2D eigenvalue weighted by Crippen LogP contribution is -1.96. The summed E-state index contributed by atoms with van der Waals surface area (Å²) in [6, 6.07) is 59.6. The minimum Gasteiger partial charge on any atom is -0.455 e. The Morgan fingerprint density at radius 3 is 1.57 bits per heavy atom. The Labute approximate surface area is 282 Å². The minimum absolute atomic E-state index is 0.680. The number of nitrogens with zero attached hydrogens (tertiary/aromatic N) is 2. The Hall–Kier alpha value is -6.58. The number of aromatic nitrogens is 2. The molecule has 0 atom stereocenters. The highest BCUT2D eigenvalue weighted by molar-refractivity contribution is 6.26. The molecular formula is C46H28N2O. The Morgan fingerprint density at radius 1 is 0.347 bits per heavy atom. The number of furan rings is 1. The molecular weight excluding hydrogens is 597 g/mol. The van der Waals surface area contributed by atoms with Crippen LogP contribution >= 0.6 is 0 Å². The third-order valence-corrected chi connectivity index (χ3v) is 9.68. The number of hydrogen-bond donors (Lipinski definition) is 0. The SMILES string of the molecule is c1ccc(-c2cc(-c3ccc(-c4ccc5c6ccccc6c6ccccc6c5c4)c4c3oc3ccccc34)nc(-c3ccccc3)n2)cc1. The largest absolute Gasteiger partial charge is 0.455 e. The highest BCUT2D eigenvalue weighted by Gasteiger charge is 2.20. The Bertz CT molecular complexity index is 2780. The third kappa shape index (κ3) is 4.44. The Balaban J connectivity index is 1.24. The average molecular weight is 625 g/mol. The van der Waals surface area contributed by atoms with Gasteiger partial charge in [0, 0.05) is 27.5 Å². The number of para-hydroxylation sites is 1. The second-order valence-electron chi connectivity index (χ2n) is 12.5. The molecule has 0 aliphatic rings. The van der Waals surface area contributed by atoms with E-state index in [1.165, 1.54) is 32.3 Å². The van der Waals surface area contributed by atoms with E-state index in [4.69, 9.17) is 14.4 Å². The number of rotatable bonds is 4. The van der Waals surface area contributed by atoms with Crippen LogP contribution in [0.2, 0.25) is 0 Å². The quantitative estimate of drug-likeness (QED) is 0.183. The smallest absolute Gasteiger partial charge is 0.160 e. The van der Waals surface area contributed by atoms with Crippen molar-refractivity contribution in [3.63, 3.8) is 0 Å². The summed E-state index contributed by atoms with van der Waals surface area (Å²) in [4.78, 5) is 10.2. The van der Waals surface area contributed by atoms with E-state index in [0.29, 0.717) is 5.82 Å². The van der Waals surface area contributed by atoms with Gasteiger partial charge in [-0.2, -0.15) is 0 Å². The van der Waals surface area contributed by atoms with Crippen LogP contribution in [0.25, 0.3) is 99.3 Å². The zero-order valence-corrected chi connectivity index (χ0v) is 26.5. The lowest BCUT2D eigenvalue weighted by molar-refractivity contribution is 0.670. The van der Waals surface area contributed by atoms with Gasteiger partial charge in [0.2, 0.25) is 0 Å². The molecule has 0 radical (unpaired) electrons. The summed E-state index contributed by atoms with van der Waals surface area (Å²) in [6.07, 6.45) is 0. The van der Waals surface area contributed by atoms with E-state index in [1.807, 2.05) is 48.5 Å². The average Bonchev–Trinajstić information content (AvgIpc) is 3.58. The van der Waals surface area contributed by atoms with Gasteiger partial charge in [0.1, 0.15) is 11.2 Å². The van der Waals surface area contributed by atoms with E-state index in [0.717, 1.165) is 61.1 Å². The molecule has 2 heterocycles. The Morgan fingerprint density at radius 2 is 0.878 bits per heavy atom. The van der Waals surface area contributed by atoms with Gasteiger partial charge in [0.15, 0.2) is 5.82 Å². The van der Waals surface area contributed by atoms with Gasteiger partial charge in [-0.1, -0.05) is 146 Å². The van der Waals surface area contributed by atoms with Crippen LogP contribution in [0.15, 0.2) is 174 Å². The molecule has 49 heavy (non-hydrogen) atoms. The first-order valence-corrected chi connectivity index (χ1v) is 16.6. The molecule has 0 fully saturated rings. The lowest BCUT2D eigenvalue weighted by atomic mass is 9.90. The number of fused-ring (bicyclic) bond motifs is 9. The fourth-order valence-corrected chi connectivity index (χ4v) is 7.40. The molecule has 0 saturated carbocycles. The van der Waals surface area contributed by atoms with Crippen LogP contribution < -0.4 is 0 Å². The van der Waals surface area contributed by atoms with Crippen molar-refractivity contribution in [2.24, 2.45) is 0 Å². The predicted molar refractivity (Wildman–Crippen MR) is 204 cm³/mol. The van der Waals surface area contributed by atoms with Crippen molar-refractivity contribution in [2.45, 2.75) is 0 Å². The topological polar surface area (TPSA) is 38.9 Å². The van der Waals surface area contributed by atoms with Gasteiger partial charge in [-0.25, -0.2) is 9.97 Å². The molecule has 0 spiro atoms. The second-order valence-corrected chi connectivity index (χ2v) is 12.5. The molecule has 0 unspecified atom stereocenters. The van der Waals surface area contributed by atoms with E-state index in [-0.39, 0.29) is 0 Å². The van der Waals surface area contributed by atoms with Gasteiger partial charge in [-0.3, -0.25) is 0 Å². The van der Waals surface area contributed by atoms with Crippen LogP contribution in [0.5, 0.6) is 0 Å². The molecule has 3 heteroatoms. The highest BCUT2D eigenvalue weighted by Crippen LogP contribution is 2.44. The molecule has 228 valence electrons. The minimum atomic E-state index is 0.680. The third-order valence-electron chi connectivity index (χ3n) is 9.68. The summed E-state index contributed by atoms with van der Waals surface area (Å²) in [5.41, 5.74) is 8.57. The van der Waals surface area contributed by atoms with Crippen LogP contribution in [0.1, 0.15) is 0 Å². The van der Waals surface area contributed by atoms with Crippen LogP contribution in [-0.4, -0.2) is 9.97 Å². The first-order valence-electron chi connectivity index (χ1n) is 16.6. The van der Waals surface area contributed by atoms with Gasteiger partial charge in [0.25, 0.3) is 0 Å². The monoisotopic (exact) mass is 624 g/mol. The molecule has 0 saturated heterocycles. The number of hydrogen-bond acceptors (Lipinski definition) is 3. The molecule has 0 bridgehead atoms. The van der Waals surface area contributed by atoms with Gasteiger partial charge in [-0.05, 0) is 67.7 Å². The van der Waals surface area contributed by atoms with Gasteiger partial charge in [-0.15, -0.1) is 0 Å². The maximum Gasteiger partial charge on any atom is 0.160 e. The van der Waals surface area contributed by atoms with E-state index < -0.39 is 0 Å². The number of benzene rings is 8. The summed E-state index contributed by atoms with van der Waals surface area (Å²) in [5, 5.41) is 9.73. The highest BCUT2D eigenvalue weighted by atomic mass is 16.3. The van der Waals surface area contributed by atoms with Gasteiger partial charge in [0.05, 0.1) is 11.4 Å². The van der Waals surface area contributed by atoms with E-state index >= 15 is 0 Å². The maximum atomic E-state index is 6.75. The van der Waals surface area contributed by atoms with Crippen molar-refractivity contribution in [1.82, 2.24) is 9.97 Å². The van der Waals surface area contributed by atoms with Crippen LogP contribution in [0.3, 0.4) is 0 Å². The molecule has 3 nitrogen and oxygen atoms in total. The van der Waals surface area contributed by atoms with E-state index in [9.17, 15) is 0 Å². The normalized spacial score (nSPS) is 11.7. The molecule has 0 aliphatic carbocycles. The van der Waals surface area contributed by atoms with Crippen molar-refractivity contribution in [2.75, 3.05) is 0 Å².